The van der Waals surface area contributed by atoms with Crippen LogP contribution < -0.4 is 16.8 Å². The number of fused-ring (bicyclic) bond motifs is 3. The molecule has 198 valence electrons. The van der Waals surface area contributed by atoms with Gasteiger partial charge in [0.05, 0.1) is 12.1 Å². The minimum atomic E-state index is -0.564. The van der Waals surface area contributed by atoms with E-state index in [1.165, 1.54) is 30.2 Å². The first kappa shape index (κ1) is 26.4. The van der Waals surface area contributed by atoms with Gasteiger partial charge >= 0.3 is 5.69 Å². The fourth-order valence-corrected chi connectivity index (χ4v) is 4.61. The first-order valence-corrected chi connectivity index (χ1v) is 13.1. The summed E-state index contributed by atoms with van der Waals surface area (Å²) in [5.41, 5.74) is -0.493. The summed E-state index contributed by atoms with van der Waals surface area (Å²) in [6, 6.07) is 5.82. The Labute approximate surface area is 213 Å². The van der Waals surface area contributed by atoms with Gasteiger partial charge in [0.25, 0.3) is 11.1 Å². The lowest BCUT2D eigenvalue weighted by molar-refractivity contribution is 0.410. The number of benzene rings is 1. The number of halogens is 1. The van der Waals surface area contributed by atoms with Crippen LogP contribution in [0.2, 0.25) is 0 Å². The summed E-state index contributed by atoms with van der Waals surface area (Å²) in [6.07, 6.45) is 4.75. The third-order valence-electron chi connectivity index (χ3n) is 6.74. The minimum absolute atomic E-state index is 0.0393. The minimum Gasteiger partial charge on any atom is -0.494 e. The molecule has 0 aliphatic heterocycles. The summed E-state index contributed by atoms with van der Waals surface area (Å²) in [7, 11) is 0. The number of aromatic hydroxyl groups is 1. The smallest absolute Gasteiger partial charge is 0.332 e. The molecule has 0 unspecified atom stereocenters. The van der Waals surface area contributed by atoms with E-state index in [9.17, 15) is 23.9 Å². The van der Waals surface area contributed by atoms with Crippen molar-refractivity contribution in [2.45, 2.75) is 85.4 Å². The van der Waals surface area contributed by atoms with E-state index in [2.05, 4.69) is 4.98 Å². The van der Waals surface area contributed by atoms with E-state index in [0.29, 0.717) is 37.8 Å². The fourth-order valence-electron chi connectivity index (χ4n) is 4.61. The molecule has 0 aliphatic rings. The predicted molar refractivity (Wildman–Crippen MR) is 141 cm³/mol. The van der Waals surface area contributed by atoms with E-state index in [0.717, 1.165) is 19.3 Å². The third kappa shape index (κ3) is 4.84. The van der Waals surface area contributed by atoms with Crippen LogP contribution in [-0.4, -0.2) is 28.2 Å². The maximum absolute atomic E-state index is 13.7. The zero-order valence-corrected chi connectivity index (χ0v) is 21.7. The lowest BCUT2D eigenvalue weighted by Gasteiger charge is -2.15. The predicted octanol–water partition coefficient (Wildman–Crippen LogP) is 3.81. The van der Waals surface area contributed by atoms with Crippen molar-refractivity contribution in [2.75, 3.05) is 0 Å². The summed E-state index contributed by atoms with van der Waals surface area (Å²) >= 11 is 0. The number of hydrogen-bond acceptors (Lipinski definition) is 5. The van der Waals surface area contributed by atoms with Gasteiger partial charge in [0.15, 0.2) is 11.2 Å². The van der Waals surface area contributed by atoms with Crippen molar-refractivity contribution in [2.24, 2.45) is 0 Å². The topological polar surface area (TPSA) is 104 Å². The number of nitrogens with zero attached hydrogens (tertiary/aromatic N) is 5. The lowest BCUT2D eigenvalue weighted by Crippen LogP contribution is -2.41. The highest BCUT2D eigenvalue weighted by molar-refractivity contribution is 5.75. The number of hydrogen-bond donors (Lipinski definition) is 1. The van der Waals surface area contributed by atoms with Crippen molar-refractivity contribution in [3.8, 4) is 5.88 Å². The van der Waals surface area contributed by atoms with E-state index >= 15 is 0 Å². The highest BCUT2D eigenvalue weighted by Crippen LogP contribution is 2.23. The van der Waals surface area contributed by atoms with E-state index in [1.807, 2.05) is 20.8 Å². The van der Waals surface area contributed by atoms with Gasteiger partial charge in [-0.25, -0.2) is 13.6 Å². The molecule has 0 bridgehead atoms. The van der Waals surface area contributed by atoms with Gasteiger partial charge in [-0.05, 0) is 43.4 Å². The van der Waals surface area contributed by atoms with Gasteiger partial charge in [0.2, 0.25) is 11.7 Å². The molecular formula is C27H34FN5O4. The number of aromatic nitrogens is 5. The van der Waals surface area contributed by atoms with Gasteiger partial charge in [-0.1, -0.05) is 52.2 Å². The Bertz CT molecular complexity index is 1590. The van der Waals surface area contributed by atoms with Crippen molar-refractivity contribution < 1.29 is 9.50 Å². The zero-order valence-electron chi connectivity index (χ0n) is 21.7. The third-order valence-corrected chi connectivity index (χ3v) is 6.74. The summed E-state index contributed by atoms with van der Waals surface area (Å²) in [5, 5.41) is 11.2. The average Bonchev–Trinajstić information content (AvgIpc) is 3.28. The molecule has 0 atom stereocenters. The van der Waals surface area contributed by atoms with Crippen molar-refractivity contribution in [3.05, 3.63) is 72.4 Å². The highest BCUT2D eigenvalue weighted by atomic mass is 19.1. The summed E-state index contributed by atoms with van der Waals surface area (Å²) in [6.45, 7) is 6.66. The van der Waals surface area contributed by atoms with Crippen LogP contribution in [0.15, 0.2) is 38.6 Å². The second kappa shape index (κ2) is 11.1. The first-order valence-electron chi connectivity index (χ1n) is 13.1. The van der Waals surface area contributed by atoms with E-state index in [1.54, 1.807) is 12.1 Å². The largest absolute Gasteiger partial charge is 0.494 e. The van der Waals surface area contributed by atoms with Crippen LogP contribution in [0.5, 0.6) is 5.88 Å². The molecule has 4 aromatic rings. The number of unbranched alkanes of at least 4 members (excludes halogenated alkanes) is 3. The van der Waals surface area contributed by atoms with Gasteiger partial charge in [-0.15, -0.1) is 0 Å². The Morgan fingerprint density at radius 3 is 2.08 bits per heavy atom. The summed E-state index contributed by atoms with van der Waals surface area (Å²) in [4.78, 5) is 45.4. The normalized spacial score (nSPS) is 11.7. The molecular weight excluding hydrogens is 477 g/mol. The quantitative estimate of drug-likeness (QED) is 0.330. The Balaban J connectivity index is 2.12. The van der Waals surface area contributed by atoms with Crippen LogP contribution in [-0.2, 0) is 26.1 Å². The molecule has 0 amide bonds. The van der Waals surface area contributed by atoms with Crippen molar-refractivity contribution in [1.29, 1.82) is 0 Å². The fraction of sp³-hybridized carbons (Fsp3) is 0.481. The first-order chi connectivity index (χ1) is 17.8. The number of imidazole rings is 1. The van der Waals surface area contributed by atoms with Crippen molar-refractivity contribution in [3.63, 3.8) is 0 Å². The molecule has 0 spiro atoms. The second-order valence-electron chi connectivity index (χ2n) is 9.44. The Morgan fingerprint density at radius 1 is 0.838 bits per heavy atom. The van der Waals surface area contributed by atoms with Gasteiger partial charge in [-0.3, -0.25) is 23.3 Å². The molecule has 0 saturated carbocycles. The van der Waals surface area contributed by atoms with Crippen molar-refractivity contribution >= 4 is 16.9 Å². The van der Waals surface area contributed by atoms with E-state index in [4.69, 9.17) is 0 Å². The molecule has 0 aliphatic carbocycles. The Kier molecular flexibility index (Phi) is 7.94. The van der Waals surface area contributed by atoms with Crippen molar-refractivity contribution in [1.82, 2.24) is 23.1 Å². The molecule has 37 heavy (non-hydrogen) atoms. The van der Waals surface area contributed by atoms with E-state index < -0.39 is 16.8 Å². The summed E-state index contributed by atoms with van der Waals surface area (Å²) in [5.74, 6) is -0.558. The van der Waals surface area contributed by atoms with Crippen LogP contribution in [0.1, 0.15) is 70.4 Å². The van der Waals surface area contributed by atoms with Gasteiger partial charge < -0.3 is 5.11 Å². The molecule has 9 nitrogen and oxygen atoms in total. The van der Waals surface area contributed by atoms with Gasteiger partial charge in [-0.2, -0.15) is 4.98 Å². The molecule has 0 saturated heterocycles. The standard InChI is InChI=1S/C27H34FN5O4/c1-4-7-10-20-23(34)32(17-18-11-13-19(28)14-12-18)26-29-22-21(33(26)24(20)35)25(36)31(16-9-6-3)27(37)30(22)15-8-5-2/h11-14,34H,4-10,15-17H2,1-3H3. The SMILES string of the molecule is CCCCc1c(O)n(Cc2ccc(F)cc2)c2nc3c(c(=O)n(CCCC)c(=O)n3CCCC)n2c1=O. The maximum atomic E-state index is 13.7. The van der Waals surface area contributed by atoms with Crippen LogP contribution >= 0.6 is 0 Å². The van der Waals surface area contributed by atoms with Crippen LogP contribution in [0.3, 0.4) is 0 Å². The second-order valence-corrected chi connectivity index (χ2v) is 9.44. The average molecular weight is 512 g/mol. The monoisotopic (exact) mass is 511 g/mol. The molecule has 4 rings (SSSR count). The number of rotatable bonds is 11. The molecule has 10 heteroatoms. The summed E-state index contributed by atoms with van der Waals surface area (Å²) < 4.78 is 18.9. The molecule has 0 radical (unpaired) electrons. The molecule has 1 N–H and O–H groups in total. The van der Waals surface area contributed by atoms with Gasteiger partial charge in [0, 0.05) is 13.1 Å². The molecule has 3 aromatic heterocycles. The molecule has 0 fully saturated rings. The highest BCUT2D eigenvalue weighted by Gasteiger charge is 2.25. The van der Waals surface area contributed by atoms with Crippen LogP contribution in [0.25, 0.3) is 16.9 Å². The molecule has 1 aromatic carbocycles. The van der Waals surface area contributed by atoms with Gasteiger partial charge in [0.1, 0.15) is 5.82 Å². The van der Waals surface area contributed by atoms with E-state index in [-0.39, 0.29) is 47.3 Å². The number of aryl methyl sites for hydroxylation is 1. The van der Waals surface area contributed by atoms with Crippen LogP contribution in [0.4, 0.5) is 4.39 Å². The Morgan fingerprint density at radius 2 is 1.46 bits per heavy atom. The van der Waals surface area contributed by atoms with Crippen LogP contribution in [0, 0.1) is 5.82 Å². The maximum Gasteiger partial charge on any atom is 0.332 e. The molecule has 3 heterocycles. The lowest BCUT2D eigenvalue weighted by atomic mass is 10.1. The zero-order chi connectivity index (χ0) is 26.7. The Hall–Kier alpha value is -3.69.